The predicted molar refractivity (Wildman–Crippen MR) is 137 cm³/mol. The van der Waals surface area contributed by atoms with Crippen LogP contribution in [0.5, 0.6) is 5.75 Å². The molecule has 3 aromatic rings. The van der Waals surface area contributed by atoms with Gasteiger partial charge in [0, 0.05) is 22.7 Å². The fourth-order valence-corrected chi connectivity index (χ4v) is 4.99. The smallest absolute Gasteiger partial charge is 0.497 e. The number of fused-ring (bicyclic) bond motifs is 1. The number of ketones is 1. The summed E-state index contributed by atoms with van der Waals surface area (Å²) in [6.45, 7) is 0.857. The van der Waals surface area contributed by atoms with Crippen LogP contribution in [0.2, 0.25) is 0 Å². The molecule has 2 aliphatic rings. The molecule has 0 unspecified atom stereocenters. The molecule has 2 saturated carbocycles. The molecule has 0 N–H and O–H groups in total. The van der Waals surface area contributed by atoms with E-state index in [1.807, 2.05) is 102 Å². The molecule has 0 atom stereocenters. The predicted octanol–water partition coefficient (Wildman–Crippen LogP) is 5.97. The second kappa shape index (κ2) is 12.9. The van der Waals surface area contributed by atoms with Crippen molar-refractivity contribution < 1.29 is 26.6 Å². The van der Waals surface area contributed by atoms with Gasteiger partial charge >= 0.3 is 17.1 Å². The number of ether oxygens (including phenoxy) is 1. The molecule has 0 saturated heterocycles. The van der Waals surface area contributed by atoms with Crippen LogP contribution < -0.4 is 4.74 Å². The normalized spacial score (nSPS) is 15.8. The first-order chi connectivity index (χ1) is 16.1. The molecule has 5 heteroatoms. The number of benzene rings is 2. The molecule has 0 spiro atoms. The third-order valence-corrected chi connectivity index (χ3v) is 6.48. The van der Waals surface area contributed by atoms with E-state index >= 15 is 0 Å². The van der Waals surface area contributed by atoms with E-state index in [4.69, 9.17) is 4.74 Å². The molecule has 2 fully saturated rings. The van der Waals surface area contributed by atoms with Gasteiger partial charge in [-0.25, -0.2) is 0 Å². The molecule has 0 amide bonds. The summed E-state index contributed by atoms with van der Waals surface area (Å²) in [6.07, 6.45) is 18.1. The van der Waals surface area contributed by atoms with Gasteiger partial charge in [0.15, 0.2) is 0 Å². The van der Waals surface area contributed by atoms with Crippen molar-refractivity contribution >= 4 is 27.2 Å². The zero-order valence-corrected chi connectivity index (χ0v) is 21.4. The molecule has 2 aromatic carbocycles. The third kappa shape index (κ3) is 6.51. The van der Waals surface area contributed by atoms with E-state index in [0.29, 0.717) is 5.56 Å². The fraction of sp³-hybridized carbons (Fsp3) is 0.138. The maximum absolute atomic E-state index is 13.4. The average Bonchev–Trinajstić information content (AvgIpc) is 3.60. The summed E-state index contributed by atoms with van der Waals surface area (Å²) >= 11 is 1.53. The van der Waals surface area contributed by atoms with Crippen LogP contribution in [0.3, 0.4) is 0 Å². The molecule has 2 aliphatic carbocycles. The molecule has 3 nitrogen and oxygen atoms in total. The van der Waals surface area contributed by atoms with E-state index in [1.54, 1.807) is 7.11 Å². The van der Waals surface area contributed by atoms with Crippen molar-refractivity contribution in [3.8, 4) is 5.75 Å². The Kier molecular flexibility index (Phi) is 10.2. The van der Waals surface area contributed by atoms with Crippen molar-refractivity contribution in [3.63, 3.8) is 0 Å². The Morgan fingerprint density at radius 3 is 2.06 bits per heavy atom. The Bertz CT molecular complexity index is 1060. The molecule has 10 radical (unpaired) electrons. The van der Waals surface area contributed by atoms with Gasteiger partial charge in [0.2, 0.25) is 5.78 Å². The van der Waals surface area contributed by atoms with E-state index < -0.39 is 0 Å². The molecule has 34 heavy (non-hydrogen) atoms. The summed E-state index contributed by atoms with van der Waals surface area (Å²) < 4.78 is 6.43. The molecule has 172 valence electrons. The van der Waals surface area contributed by atoms with Crippen LogP contribution in [0.15, 0.2) is 42.5 Å². The summed E-state index contributed by atoms with van der Waals surface area (Å²) in [4.78, 5) is 16.3. The van der Waals surface area contributed by atoms with E-state index in [0.717, 1.165) is 38.7 Å². The van der Waals surface area contributed by atoms with Gasteiger partial charge in [-0.2, -0.15) is 0 Å². The molecular formula is C29H27FeNO2S+2. The maximum atomic E-state index is 13.4. The van der Waals surface area contributed by atoms with E-state index in [9.17, 15) is 4.79 Å². The minimum Gasteiger partial charge on any atom is -0.497 e. The summed E-state index contributed by atoms with van der Waals surface area (Å²) in [5.74, 6) is 1.94. The number of carbonyl (C=O) groups excluding carboxylic acids is 1. The van der Waals surface area contributed by atoms with Crippen LogP contribution in [0.1, 0.15) is 26.4 Å². The molecule has 1 heterocycles. The molecule has 1 aromatic heterocycles. The summed E-state index contributed by atoms with van der Waals surface area (Å²) in [5, 5.41) is 1.09. The topological polar surface area (TPSA) is 29.5 Å². The van der Waals surface area contributed by atoms with Crippen LogP contribution in [0, 0.1) is 63.7 Å². The van der Waals surface area contributed by atoms with Crippen LogP contribution >= 0.6 is 11.3 Å². The monoisotopic (exact) mass is 509 g/mol. The van der Waals surface area contributed by atoms with Crippen LogP contribution in [0.4, 0.5) is 0 Å². The number of hydrogen-bond acceptors (Lipinski definition) is 4. The first kappa shape index (κ1) is 26.9. The van der Waals surface area contributed by atoms with E-state index in [1.165, 1.54) is 16.9 Å². The number of methoxy groups -OCH3 is 1. The van der Waals surface area contributed by atoms with Gasteiger partial charge in [-0.05, 0) is 107 Å². The Morgan fingerprint density at radius 2 is 1.50 bits per heavy atom. The first-order valence-electron chi connectivity index (χ1n) is 10.8. The van der Waals surface area contributed by atoms with Gasteiger partial charge in [-0.3, -0.25) is 4.79 Å². The van der Waals surface area contributed by atoms with Gasteiger partial charge in [0.05, 0.1) is 12.0 Å². The number of carbonyl (C=O) groups is 1. The summed E-state index contributed by atoms with van der Waals surface area (Å²) in [7, 11) is 5.74. The third-order valence-electron chi connectivity index (χ3n) is 5.33. The van der Waals surface area contributed by atoms with Gasteiger partial charge in [0.25, 0.3) is 0 Å². The van der Waals surface area contributed by atoms with Crippen molar-refractivity contribution in [1.29, 1.82) is 0 Å². The Hall–Kier alpha value is -1.65. The molecule has 5 rings (SSSR count). The molecular weight excluding hydrogens is 482 g/mol. The van der Waals surface area contributed by atoms with Crippen LogP contribution in [0.25, 0.3) is 10.1 Å². The minimum atomic E-state index is 0. The SMILES string of the molecule is COc1ccc2c([C]3[CH][CH][CH][CH]3)c(C(=O)c3ccc(CN(C)C)cc3)sc2c1.[CH]1[CH][CH][CH][CH]1.[Fe+2]. The zero-order valence-electron chi connectivity index (χ0n) is 19.5. The Labute approximate surface area is 219 Å². The molecule has 0 aliphatic heterocycles. The van der Waals surface area contributed by atoms with Crippen molar-refractivity contribution in [2.75, 3.05) is 21.2 Å². The van der Waals surface area contributed by atoms with Crippen molar-refractivity contribution in [1.82, 2.24) is 4.90 Å². The van der Waals surface area contributed by atoms with Crippen molar-refractivity contribution in [3.05, 3.63) is 128 Å². The second-order valence-corrected chi connectivity index (χ2v) is 9.12. The maximum Gasteiger partial charge on any atom is 2.00 e. The molecule has 0 bridgehead atoms. The van der Waals surface area contributed by atoms with Gasteiger partial charge < -0.3 is 9.64 Å². The number of hydrogen-bond donors (Lipinski definition) is 0. The van der Waals surface area contributed by atoms with Crippen molar-refractivity contribution in [2.24, 2.45) is 0 Å². The Morgan fingerprint density at radius 1 is 0.882 bits per heavy atom. The summed E-state index contributed by atoms with van der Waals surface area (Å²) in [5.41, 5.74) is 2.92. The average molecular weight is 509 g/mol. The quantitative estimate of drug-likeness (QED) is 0.303. The van der Waals surface area contributed by atoms with Crippen LogP contribution in [-0.4, -0.2) is 31.9 Å². The van der Waals surface area contributed by atoms with E-state index in [-0.39, 0.29) is 22.9 Å². The van der Waals surface area contributed by atoms with E-state index in [2.05, 4.69) is 17.7 Å². The first-order valence-corrected chi connectivity index (χ1v) is 11.7. The van der Waals surface area contributed by atoms with Gasteiger partial charge in [-0.15, -0.1) is 11.3 Å². The Balaban J connectivity index is 0.000000481. The number of rotatable bonds is 6. The van der Waals surface area contributed by atoms with Crippen molar-refractivity contribution in [2.45, 2.75) is 6.54 Å². The second-order valence-electron chi connectivity index (χ2n) is 8.07. The fourth-order valence-electron chi connectivity index (χ4n) is 3.77. The zero-order chi connectivity index (χ0) is 23.2. The van der Waals surface area contributed by atoms with Gasteiger partial charge in [-0.1, -0.05) is 24.3 Å². The summed E-state index contributed by atoms with van der Waals surface area (Å²) in [6, 6.07) is 13.9. The largest absolute Gasteiger partial charge is 2.00 e. The van der Waals surface area contributed by atoms with Crippen LogP contribution in [-0.2, 0) is 23.6 Å². The number of nitrogens with zero attached hydrogens (tertiary/aromatic N) is 1. The number of thiophene rings is 1. The standard InChI is InChI=1S/C24H22NO2S.C5H5.Fe/c1-25(2)15-16-8-10-18(11-9-16)23(26)24-22(17-6-4-5-7-17)20-13-12-19(27-3)14-21(20)28-24;1-2-4-5-3-1;/h4-14H,15H2,1-3H3;1-5H;/q;;+2. The van der Waals surface area contributed by atoms with Gasteiger partial charge in [0.1, 0.15) is 5.75 Å². The minimum absolute atomic E-state index is 0.